The van der Waals surface area contributed by atoms with Crippen LogP contribution in [0.2, 0.25) is 0 Å². The van der Waals surface area contributed by atoms with Gasteiger partial charge in [-0.15, -0.1) is 0 Å². The highest BCUT2D eigenvalue weighted by Gasteiger charge is 2.69. The van der Waals surface area contributed by atoms with Crippen LogP contribution in [0.4, 0.5) is 0 Å². The van der Waals surface area contributed by atoms with Gasteiger partial charge in [0.2, 0.25) is 0 Å². The van der Waals surface area contributed by atoms with Gasteiger partial charge in [-0.3, -0.25) is 0 Å². The van der Waals surface area contributed by atoms with Crippen LogP contribution in [0.25, 0.3) is 0 Å². The highest BCUT2D eigenvalue weighted by Crippen LogP contribution is 2.62. The fourth-order valence-corrected chi connectivity index (χ4v) is 5.53. The summed E-state index contributed by atoms with van der Waals surface area (Å²) in [5.74, 6) is 0.0568. The van der Waals surface area contributed by atoms with Gasteiger partial charge in [0.05, 0.1) is 11.9 Å². The minimum atomic E-state index is -3.15. The summed E-state index contributed by atoms with van der Waals surface area (Å²) in [6.07, 6.45) is 0. The van der Waals surface area contributed by atoms with Crippen molar-refractivity contribution in [1.82, 2.24) is 0 Å². The summed E-state index contributed by atoms with van der Waals surface area (Å²) in [7, 11) is -1.56. The van der Waals surface area contributed by atoms with Gasteiger partial charge in [-0.05, 0) is 17.7 Å². The second kappa shape index (κ2) is 5.75. The number of ether oxygens (including phenoxy) is 1. The Bertz CT molecular complexity index is 573. The Morgan fingerprint density at radius 1 is 1.35 bits per heavy atom. The minimum Gasteiger partial charge on any atom is -0.384 e. The lowest BCUT2D eigenvalue weighted by molar-refractivity contribution is 0.142. The Kier molecular flexibility index (Phi) is 4.59. The molecule has 4 nitrogen and oxygen atoms in total. The smallest absolute Gasteiger partial charge is 0.154 e. The molecule has 0 saturated heterocycles. The van der Waals surface area contributed by atoms with E-state index >= 15 is 0 Å². The van der Waals surface area contributed by atoms with Crippen LogP contribution in [0.3, 0.4) is 0 Å². The normalized spacial score (nSPS) is 29.4. The maximum atomic E-state index is 12.3. The highest BCUT2D eigenvalue weighted by molar-refractivity contribution is 9.10. The van der Waals surface area contributed by atoms with Crippen molar-refractivity contribution >= 4 is 25.8 Å². The first-order valence-corrected chi connectivity index (χ1v) is 9.10. The van der Waals surface area contributed by atoms with E-state index in [1.807, 2.05) is 24.3 Å². The van der Waals surface area contributed by atoms with Gasteiger partial charge in [0.25, 0.3) is 0 Å². The number of nitrogens with two attached hydrogens (primary N) is 1. The summed E-state index contributed by atoms with van der Waals surface area (Å²) in [6, 6.07) is 7.77. The van der Waals surface area contributed by atoms with Crippen molar-refractivity contribution in [3.8, 4) is 0 Å². The van der Waals surface area contributed by atoms with Gasteiger partial charge in [-0.2, -0.15) is 0 Å². The van der Waals surface area contributed by atoms with E-state index < -0.39 is 20.5 Å². The van der Waals surface area contributed by atoms with Crippen LogP contribution >= 0.6 is 15.9 Å². The molecule has 0 bridgehead atoms. The number of rotatable bonds is 6. The van der Waals surface area contributed by atoms with Crippen LogP contribution in [0, 0.1) is 5.41 Å². The monoisotopic (exact) mass is 361 g/mol. The topological polar surface area (TPSA) is 69.4 Å². The lowest BCUT2D eigenvalue weighted by Crippen LogP contribution is -2.28. The highest BCUT2D eigenvalue weighted by atomic mass is 79.9. The van der Waals surface area contributed by atoms with Crippen molar-refractivity contribution < 1.29 is 13.2 Å². The van der Waals surface area contributed by atoms with Crippen molar-refractivity contribution in [3.63, 3.8) is 0 Å². The van der Waals surface area contributed by atoms with E-state index in [2.05, 4.69) is 15.9 Å². The second-order valence-corrected chi connectivity index (χ2v) is 8.60. The van der Waals surface area contributed by atoms with Crippen LogP contribution in [-0.2, 0) is 14.6 Å². The molecule has 0 radical (unpaired) electrons. The molecule has 2 N–H and O–H groups in total. The van der Waals surface area contributed by atoms with E-state index in [0.717, 1.165) is 10.0 Å². The number of halogens is 1. The Morgan fingerprint density at radius 3 is 2.40 bits per heavy atom. The summed E-state index contributed by atoms with van der Waals surface area (Å²) in [5.41, 5.74) is 6.42. The van der Waals surface area contributed by atoms with Crippen molar-refractivity contribution in [2.75, 3.05) is 26.0 Å². The van der Waals surface area contributed by atoms with Crippen LogP contribution in [0.15, 0.2) is 28.7 Å². The molecule has 0 heterocycles. The number of benzene rings is 1. The third-order valence-electron chi connectivity index (χ3n) is 4.19. The van der Waals surface area contributed by atoms with Gasteiger partial charge in [0.15, 0.2) is 9.84 Å². The number of methoxy groups -OCH3 is 1. The number of sulfone groups is 1. The third kappa shape index (κ3) is 2.54. The molecule has 1 fully saturated rings. The van der Waals surface area contributed by atoms with Gasteiger partial charge < -0.3 is 10.5 Å². The molecule has 2 rings (SSSR count). The Balaban J connectivity index is 2.42. The summed E-state index contributed by atoms with van der Waals surface area (Å²) in [6.45, 7) is 2.36. The molecule has 6 heteroatoms. The largest absolute Gasteiger partial charge is 0.384 e. The molecule has 0 spiro atoms. The molecule has 112 valence electrons. The van der Waals surface area contributed by atoms with Crippen LogP contribution in [-0.4, -0.2) is 39.7 Å². The maximum absolute atomic E-state index is 12.3. The quantitative estimate of drug-likeness (QED) is 0.840. The van der Waals surface area contributed by atoms with Crippen molar-refractivity contribution in [2.45, 2.75) is 18.1 Å². The molecule has 1 aliphatic carbocycles. The molecule has 0 amide bonds. The average Bonchev–Trinajstić information content (AvgIpc) is 3.10. The standard InChI is InChI=1S/C14H20BrNO3S/c1-3-20(17,18)13-12(14(13,8-16)9-19-2)10-4-6-11(15)7-5-10/h4-7,12-13H,3,8-9,16H2,1-2H3/t12-,13-,14+/m0/s1. The van der Waals surface area contributed by atoms with Crippen LogP contribution < -0.4 is 5.73 Å². The van der Waals surface area contributed by atoms with E-state index in [1.165, 1.54) is 0 Å². The van der Waals surface area contributed by atoms with Gasteiger partial charge in [0.1, 0.15) is 0 Å². The lowest BCUT2D eigenvalue weighted by atomic mass is 10.0. The zero-order chi connectivity index (χ0) is 15.0. The molecule has 0 unspecified atom stereocenters. The van der Waals surface area contributed by atoms with E-state index in [9.17, 15) is 8.42 Å². The van der Waals surface area contributed by atoms with E-state index in [1.54, 1.807) is 14.0 Å². The summed E-state index contributed by atoms with van der Waals surface area (Å²) < 4.78 is 30.9. The first-order chi connectivity index (χ1) is 9.43. The first-order valence-electron chi connectivity index (χ1n) is 6.59. The van der Waals surface area contributed by atoms with Gasteiger partial charge >= 0.3 is 0 Å². The van der Waals surface area contributed by atoms with Gasteiger partial charge in [0, 0.05) is 35.2 Å². The molecule has 1 aliphatic rings. The van der Waals surface area contributed by atoms with Crippen molar-refractivity contribution in [1.29, 1.82) is 0 Å². The molecule has 3 atom stereocenters. The Labute approximate surface area is 128 Å². The van der Waals surface area contributed by atoms with Gasteiger partial charge in [-0.1, -0.05) is 35.0 Å². The van der Waals surface area contributed by atoms with Crippen LogP contribution in [0.5, 0.6) is 0 Å². The zero-order valence-corrected chi connectivity index (χ0v) is 14.1. The minimum absolute atomic E-state index is 0.0782. The van der Waals surface area contributed by atoms with Crippen LogP contribution in [0.1, 0.15) is 18.4 Å². The zero-order valence-electron chi connectivity index (χ0n) is 11.7. The summed E-state index contributed by atoms with van der Waals surface area (Å²) >= 11 is 3.39. The predicted molar refractivity (Wildman–Crippen MR) is 83.5 cm³/mol. The summed E-state index contributed by atoms with van der Waals surface area (Å²) in [5, 5.41) is -0.439. The number of hydrogen-bond donors (Lipinski definition) is 1. The Hall–Kier alpha value is -0.430. The molecular formula is C14H20BrNO3S. The first kappa shape index (κ1) is 15.9. The van der Waals surface area contributed by atoms with E-state index in [0.29, 0.717) is 13.2 Å². The maximum Gasteiger partial charge on any atom is 0.154 e. The number of hydrogen-bond acceptors (Lipinski definition) is 4. The summed E-state index contributed by atoms with van der Waals surface area (Å²) in [4.78, 5) is 0. The molecule has 1 aromatic carbocycles. The van der Waals surface area contributed by atoms with E-state index in [-0.39, 0.29) is 11.7 Å². The predicted octanol–water partition coefficient (Wildman–Crippen LogP) is 1.94. The second-order valence-electron chi connectivity index (χ2n) is 5.27. The molecule has 1 aromatic rings. The fraction of sp³-hybridized carbons (Fsp3) is 0.571. The van der Waals surface area contributed by atoms with Crippen molar-refractivity contribution in [2.24, 2.45) is 11.1 Å². The molecule has 0 aromatic heterocycles. The van der Waals surface area contributed by atoms with E-state index in [4.69, 9.17) is 10.5 Å². The van der Waals surface area contributed by atoms with Gasteiger partial charge in [-0.25, -0.2) is 8.42 Å². The fourth-order valence-electron chi connectivity index (χ4n) is 3.12. The average molecular weight is 362 g/mol. The molecule has 20 heavy (non-hydrogen) atoms. The van der Waals surface area contributed by atoms with Crippen molar-refractivity contribution in [3.05, 3.63) is 34.3 Å². The SMILES string of the molecule is CCS(=O)(=O)[C@H]1[C@H](c2ccc(Br)cc2)[C@@]1(CN)COC. The Morgan fingerprint density at radius 2 is 1.95 bits per heavy atom. The molecule has 1 saturated carbocycles. The molecule has 0 aliphatic heterocycles. The molecular weight excluding hydrogens is 342 g/mol. The third-order valence-corrected chi connectivity index (χ3v) is 7.04. The lowest BCUT2D eigenvalue weighted by Gasteiger charge is -2.14.